The van der Waals surface area contributed by atoms with Crippen molar-refractivity contribution in [1.29, 1.82) is 0 Å². The van der Waals surface area contributed by atoms with Crippen molar-refractivity contribution in [1.82, 2.24) is 14.7 Å². The number of anilines is 1. The SMILES string of the molecule is NCC(F)(F)CNC(=O)Nc1cccc(-c2cnc3cc(-c4ccc(F)cc4)ccn23)c1. The number of fused-ring (bicyclic) bond motifs is 1. The van der Waals surface area contributed by atoms with Gasteiger partial charge in [0.2, 0.25) is 0 Å². The van der Waals surface area contributed by atoms with Crippen LogP contribution < -0.4 is 16.4 Å². The molecule has 4 N–H and O–H groups in total. The van der Waals surface area contributed by atoms with Crippen molar-refractivity contribution in [2.75, 3.05) is 18.4 Å². The van der Waals surface area contributed by atoms with Gasteiger partial charge in [0, 0.05) is 17.4 Å². The maximum absolute atomic E-state index is 13.2. The van der Waals surface area contributed by atoms with Gasteiger partial charge in [-0.25, -0.2) is 22.9 Å². The summed E-state index contributed by atoms with van der Waals surface area (Å²) in [6.45, 7) is -1.70. The molecule has 4 aromatic rings. The molecule has 6 nitrogen and oxygen atoms in total. The molecular weight excluding hydrogens is 419 g/mol. The summed E-state index contributed by atoms with van der Waals surface area (Å²) in [7, 11) is 0. The lowest BCUT2D eigenvalue weighted by atomic mass is 10.1. The molecular formula is C23H20F3N5O. The molecule has 2 heterocycles. The fourth-order valence-electron chi connectivity index (χ4n) is 3.23. The monoisotopic (exact) mass is 439 g/mol. The second kappa shape index (κ2) is 8.72. The van der Waals surface area contributed by atoms with E-state index in [4.69, 9.17) is 5.73 Å². The molecule has 0 unspecified atom stereocenters. The van der Waals surface area contributed by atoms with Gasteiger partial charge in [-0.05, 0) is 47.5 Å². The number of aromatic nitrogens is 2. The van der Waals surface area contributed by atoms with Crippen LogP contribution in [0.2, 0.25) is 0 Å². The van der Waals surface area contributed by atoms with Crippen LogP contribution >= 0.6 is 0 Å². The van der Waals surface area contributed by atoms with Crippen LogP contribution in [0.3, 0.4) is 0 Å². The number of urea groups is 1. The molecule has 2 amide bonds. The predicted molar refractivity (Wildman–Crippen MR) is 117 cm³/mol. The number of hydrogen-bond acceptors (Lipinski definition) is 3. The third kappa shape index (κ3) is 4.73. The highest BCUT2D eigenvalue weighted by Gasteiger charge is 2.27. The first-order valence-electron chi connectivity index (χ1n) is 9.81. The van der Waals surface area contributed by atoms with Gasteiger partial charge >= 0.3 is 6.03 Å². The van der Waals surface area contributed by atoms with Crippen molar-refractivity contribution in [3.8, 4) is 22.4 Å². The van der Waals surface area contributed by atoms with Gasteiger partial charge in [0.1, 0.15) is 11.5 Å². The van der Waals surface area contributed by atoms with Gasteiger partial charge in [0.15, 0.2) is 0 Å². The van der Waals surface area contributed by atoms with Crippen LogP contribution in [0.4, 0.5) is 23.7 Å². The number of carbonyl (C=O) groups is 1. The van der Waals surface area contributed by atoms with Gasteiger partial charge in [-0.3, -0.25) is 4.40 Å². The minimum Gasteiger partial charge on any atom is -0.332 e. The summed E-state index contributed by atoms with van der Waals surface area (Å²) in [5.41, 5.74) is 9.43. The van der Waals surface area contributed by atoms with E-state index in [1.165, 1.54) is 12.1 Å². The Morgan fingerprint density at radius 3 is 2.56 bits per heavy atom. The van der Waals surface area contributed by atoms with Crippen LogP contribution in [0.25, 0.3) is 28.0 Å². The summed E-state index contributed by atoms with van der Waals surface area (Å²) in [6.07, 6.45) is 3.56. The quantitative estimate of drug-likeness (QED) is 0.413. The molecule has 0 saturated heterocycles. The zero-order valence-electron chi connectivity index (χ0n) is 16.9. The lowest BCUT2D eigenvalue weighted by Gasteiger charge is -2.15. The van der Waals surface area contributed by atoms with Crippen molar-refractivity contribution in [2.45, 2.75) is 5.92 Å². The van der Waals surface area contributed by atoms with E-state index in [9.17, 15) is 18.0 Å². The van der Waals surface area contributed by atoms with Gasteiger partial charge in [0.05, 0.1) is 25.0 Å². The van der Waals surface area contributed by atoms with E-state index < -0.39 is 25.0 Å². The topological polar surface area (TPSA) is 84.4 Å². The molecule has 0 aliphatic heterocycles. The van der Waals surface area contributed by atoms with Crippen LogP contribution in [-0.4, -0.2) is 34.4 Å². The number of halogens is 3. The molecule has 0 radical (unpaired) electrons. The standard InChI is InChI=1S/C23H20F3N5O/c24-18-6-4-15(5-7-18)16-8-9-31-20(12-28-21(31)11-16)17-2-1-3-19(10-17)30-22(32)29-14-23(25,26)13-27/h1-12H,13-14,27H2,(H2,29,30,32). The Bertz CT molecular complexity index is 1250. The highest BCUT2D eigenvalue weighted by Crippen LogP contribution is 2.27. The fraction of sp³-hybridized carbons (Fsp3) is 0.130. The number of rotatable bonds is 6. The van der Waals surface area contributed by atoms with Crippen molar-refractivity contribution in [3.05, 3.63) is 78.9 Å². The van der Waals surface area contributed by atoms with E-state index in [1.807, 2.05) is 28.8 Å². The number of imidazole rings is 1. The minimum atomic E-state index is -3.16. The largest absolute Gasteiger partial charge is 0.332 e. The Kier molecular flexibility index (Phi) is 5.83. The summed E-state index contributed by atoms with van der Waals surface area (Å²) in [5.74, 6) is -3.46. The lowest BCUT2D eigenvalue weighted by molar-refractivity contribution is 0.0148. The number of nitrogens with two attached hydrogens (primary N) is 1. The third-order valence-electron chi connectivity index (χ3n) is 4.91. The van der Waals surface area contributed by atoms with Gasteiger partial charge in [-0.2, -0.15) is 0 Å². The normalized spacial score (nSPS) is 11.5. The van der Waals surface area contributed by atoms with Crippen LogP contribution in [-0.2, 0) is 0 Å². The molecule has 9 heteroatoms. The molecule has 0 fully saturated rings. The number of nitrogens with zero attached hydrogens (tertiary/aromatic N) is 2. The van der Waals surface area contributed by atoms with Crippen molar-refractivity contribution in [3.63, 3.8) is 0 Å². The summed E-state index contributed by atoms with van der Waals surface area (Å²) >= 11 is 0. The third-order valence-corrected chi connectivity index (χ3v) is 4.91. The van der Waals surface area contributed by atoms with E-state index in [0.717, 1.165) is 22.4 Å². The van der Waals surface area contributed by atoms with Crippen molar-refractivity contribution < 1.29 is 18.0 Å². The Hall–Kier alpha value is -3.85. The molecule has 0 bridgehead atoms. The molecule has 0 spiro atoms. The lowest BCUT2D eigenvalue weighted by Crippen LogP contribution is -2.43. The van der Waals surface area contributed by atoms with Crippen LogP contribution in [0.15, 0.2) is 73.1 Å². The molecule has 0 atom stereocenters. The predicted octanol–water partition coefficient (Wildman–Crippen LogP) is 4.52. The molecule has 32 heavy (non-hydrogen) atoms. The number of nitrogens with one attached hydrogen (secondary N) is 2. The Balaban J connectivity index is 1.54. The van der Waals surface area contributed by atoms with Crippen molar-refractivity contribution in [2.24, 2.45) is 5.73 Å². The first-order chi connectivity index (χ1) is 15.3. The zero-order chi connectivity index (χ0) is 22.7. The zero-order valence-corrected chi connectivity index (χ0v) is 16.9. The second-order valence-electron chi connectivity index (χ2n) is 7.24. The molecule has 0 aliphatic carbocycles. The van der Waals surface area contributed by atoms with Gasteiger partial charge < -0.3 is 16.4 Å². The summed E-state index contributed by atoms with van der Waals surface area (Å²) < 4.78 is 41.5. The highest BCUT2D eigenvalue weighted by atomic mass is 19.3. The molecule has 2 aromatic heterocycles. The van der Waals surface area contributed by atoms with Crippen LogP contribution in [0, 0.1) is 5.82 Å². The maximum Gasteiger partial charge on any atom is 0.319 e. The summed E-state index contributed by atoms with van der Waals surface area (Å²) in [5, 5.41) is 4.65. The summed E-state index contributed by atoms with van der Waals surface area (Å²) in [6, 6.07) is 16.2. The van der Waals surface area contributed by atoms with Crippen LogP contribution in [0.5, 0.6) is 0 Å². The molecule has 164 valence electrons. The van der Waals surface area contributed by atoms with E-state index in [1.54, 1.807) is 36.5 Å². The first kappa shape index (κ1) is 21.4. The Morgan fingerprint density at radius 2 is 1.81 bits per heavy atom. The van der Waals surface area contributed by atoms with Crippen molar-refractivity contribution >= 4 is 17.4 Å². The fourth-order valence-corrected chi connectivity index (χ4v) is 3.23. The average molecular weight is 439 g/mol. The van der Waals surface area contributed by atoms with Gasteiger partial charge in [-0.1, -0.05) is 24.3 Å². The number of carbonyl (C=O) groups excluding carboxylic acids is 1. The highest BCUT2D eigenvalue weighted by molar-refractivity contribution is 5.90. The molecule has 0 saturated carbocycles. The van der Waals surface area contributed by atoms with E-state index in [0.29, 0.717) is 11.3 Å². The second-order valence-corrected chi connectivity index (χ2v) is 7.24. The number of amides is 2. The Morgan fingerprint density at radius 1 is 1.03 bits per heavy atom. The number of alkyl halides is 2. The number of benzene rings is 2. The van der Waals surface area contributed by atoms with E-state index in [-0.39, 0.29) is 5.82 Å². The molecule has 4 rings (SSSR count). The first-order valence-corrected chi connectivity index (χ1v) is 9.81. The van der Waals surface area contributed by atoms with E-state index >= 15 is 0 Å². The van der Waals surface area contributed by atoms with Gasteiger partial charge in [-0.15, -0.1) is 0 Å². The molecule has 2 aromatic carbocycles. The summed E-state index contributed by atoms with van der Waals surface area (Å²) in [4.78, 5) is 16.4. The van der Waals surface area contributed by atoms with Crippen LogP contribution in [0.1, 0.15) is 0 Å². The molecule has 0 aliphatic rings. The minimum absolute atomic E-state index is 0.298. The smallest absolute Gasteiger partial charge is 0.319 e. The van der Waals surface area contributed by atoms with Gasteiger partial charge in [0.25, 0.3) is 5.92 Å². The van der Waals surface area contributed by atoms with E-state index in [2.05, 4.69) is 15.6 Å². The Labute approximate surface area is 181 Å². The number of hydrogen-bond donors (Lipinski definition) is 3. The average Bonchev–Trinajstić information content (AvgIpc) is 3.22. The maximum atomic E-state index is 13.2. The number of pyridine rings is 1.